The molecule has 0 aliphatic rings. The fraction of sp³-hybridized carbons (Fsp3) is 0.231. The van der Waals surface area contributed by atoms with E-state index in [9.17, 15) is 13.2 Å². The molecule has 0 saturated heterocycles. The predicted molar refractivity (Wildman–Crippen MR) is 76.9 cm³/mol. The molecule has 0 unspecified atom stereocenters. The summed E-state index contributed by atoms with van der Waals surface area (Å²) < 4.78 is 28.2. The maximum Gasteiger partial charge on any atom is 0.336 e. The highest BCUT2D eigenvalue weighted by Crippen LogP contribution is 2.22. The first-order valence-corrected chi connectivity index (χ1v) is 7.54. The Morgan fingerprint density at radius 1 is 1.33 bits per heavy atom. The van der Waals surface area contributed by atoms with E-state index in [-0.39, 0.29) is 16.3 Å². The van der Waals surface area contributed by atoms with Gasteiger partial charge in [0.2, 0.25) is 0 Å². The Labute approximate surface area is 122 Å². The molecule has 1 aromatic carbocycles. The summed E-state index contributed by atoms with van der Waals surface area (Å²) >= 11 is 0. The molecule has 2 aromatic rings. The van der Waals surface area contributed by atoms with Crippen molar-refractivity contribution in [1.82, 2.24) is 9.55 Å². The number of hydrogen-bond acceptors (Lipinski definition) is 4. The van der Waals surface area contributed by atoms with Gasteiger partial charge in [-0.25, -0.2) is 9.78 Å². The average Bonchev–Trinajstić information content (AvgIpc) is 2.80. The van der Waals surface area contributed by atoms with Gasteiger partial charge in [-0.2, -0.15) is 8.42 Å². The Morgan fingerprint density at radius 3 is 2.52 bits per heavy atom. The lowest BCUT2D eigenvalue weighted by Gasteiger charge is -2.11. The van der Waals surface area contributed by atoms with Crippen molar-refractivity contribution in [3.8, 4) is 0 Å². The Kier molecular flexibility index (Phi) is 3.73. The van der Waals surface area contributed by atoms with Crippen LogP contribution in [0.25, 0.3) is 0 Å². The second-order valence-corrected chi connectivity index (χ2v) is 6.38. The van der Waals surface area contributed by atoms with Crippen LogP contribution in [0.1, 0.15) is 21.5 Å². The van der Waals surface area contributed by atoms with Crippen molar-refractivity contribution < 1.29 is 18.3 Å². The van der Waals surface area contributed by atoms with Gasteiger partial charge in [0.15, 0.2) is 5.03 Å². The molecule has 0 bridgehead atoms. The highest BCUT2D eigenvalue weighted by atomic mass is 32.2. The molecule has 0 saturated carbocycles. The van der Waals surface area contributed by atoms with Crippen molar-refractivity contribution in [1.29, 1.82) is 0 Å². The number of nitrogens with zero attached hydrogens (tertiary/aromatic N) is 2. The van der Waals surface area contributed by atoms with E-state index in [2.05, 4.69) is 9.71 Å². The number of anilines is 1. The topological polar surface area (TPSA) is 101 Å². The molecular formula is C13H15N3O4S. The van der Waals surface area contributed by atoms with Crippen molar-refractivity contribution in [2.45, 2.75) is 18.9 Å². The molecule has 8 heteroatoms. The van der Waals surface area contributed by atoms with Crippen molar-refractivity contribution in [3.63, 3.8) is 0 Å². The van der Waals surface area contributed by atoms with Crippen LogP contribution in [0, 0.1) is 13.8 Å². The number of benzene rings is 1. The van der Waals surface area contributed by atoms with Gasteiger partial charge in [-0.05, 0) is 37.1 Å². The molecular weight excluding hydrogens is 294 g/mol. The Bertz CT molecular complexity index is 809. The van der Waals surface area contributed by atoms with Crippen LogP contribution >= 0.6 is 0 Å². The average molecular weight is 309 g/mol. The molecule has 0 atom stereocenters. The summed E-state index contributed by atoms with van der Waals surface area (Å²) in [5.41, 5.74) is 1.55. The first-order valence-electron chi connectivity index (χ1n) is 6.06. The van der Waals surface area contributed by atoms with E-state index in [1.807, 2.05) is 0 Å². The second-order valence-electron chi connectivity index (χ2n) is 4.75. The van der Waals surface area contributed by atoms with Gasteiger partial charge in [-0.3, -0.25) is 4.72 Å². The molecule has 1 heterocycles. The first kappa shape index (κ1) is 15.0. The van der Waals surface area contributed by atoms with Gasteiger partial charge in [0, 0.05) is 13.2 Å². The second kappa shape index (κ2) is 5.21. The lowest BCUT2D eigenvalue weighted by molar-refractivity contribution is 0.0696. The summed E-state index contributed by atoms with van der Waals surface area (Å²) in [6.07, 6.45) is 2.74. The number of rotatable bonds is 4. The fourth-order valence-electron chi connectivity index (χ4n) is 1.88. The third-order valence-electron chi connectivity index (χ3n) is 3.11. The molecule has 112 valence electrons. The monoisotopic (exact) mass is 309 g/mol. The summed E-state index contributed by atoms with van der Waals surface area (Å²) in [6, 6.07) is 2.88. The van der Waals surface area contributed by atoms with Crippen LogP contribution in [0.2, 0.25) is 0 Å². The SMILES string of the molecule is Cc1cc(NS(=O)(=O)c2cn(C)cn2)cc(C(=O)O)c1C. The van der Waals surface area contributed by atoms with E-state index in [0.717, 1.165) is 0 Å². The minimum Gasteiger partial charge on any atom is -0.478 e. The number of imidazole rings is 1. The molecule has 1 aromatic heterocycles. The number of aryl methyl sites for hydroxylation is 2. The Balaban J connectivity index is 2.42. The Hall–Kier alpha value is -2.35. The van der Waals surface area contributed by atoms with Crippen LogP contribution in [0.4, 0.5) is 5.69 Å². The number of aromatic carboxylic acids is 1. The van der Waals surface area contributed by atoms with Crippen LogP contribution in [-0.2, 0) is 17.1 Å². The van der Waals surface area contributed by atoms with Gasteiger partial charge in [0.25, 0.3) is 10.0 Å². The molecule has 0 spiro atoms. The van der Waals surface area contributed by atoms with Crippen LogP contribution in [0.5, 0.6) is 0 Å². The van der Waals surface area contributed by atoms with E-state index in [1.165, 1.54) is 23.2 Å². The minimum atomic E-state index is -3.84. The summed E-state index contributed by atoms with van der Waals surface area (Å²) in [5.74, 6) is -1.10. The van der Waals surface area contributed by atoms with Gasteiger partial charge >= 0.3 is 5.97 Å². The van der Waals surface area contributed by atoms with Gasteiger partial charge in [0.1, 0.15) is 0 Å². The maximum absolute atomic E-state index is 12.2. The van der Waals surface area contributed by atoms with E-state index in [1.54, 1.807) is 27.0 Å². The molecule has 0 fully saturated rings. The quantitative estimate of drug-likeness (QED) is 0.892. The number of carbonyl (C=O) groups is 1. The zero-order chi connectivity index (χ0) is 15.8. The largest absolute Gasteiger partial charge is 0.478 e. The standard InChI is InChI=1S/C13H15N3O4S/c1-8-4-10(5-11(9(8)2)13(17)18)15-21(19,20)12-6-16(3)7-14-12/h4-7,15H,1-3H3,(H,17,18). The van der Waals surface area contributed by atoms with Crippen molar-refractivity contribution >= 4 is 21.7 Å². The molecule has 0 amide bonds. The number of sulfonamides is 1. The lowest BCUT2D eigenvalue weighted by atomic mass is 10.0. The summed E-state index contributed by atoms with van der Waals surface area (Å²) in [7, 11) is -2.18. The zero-order valence-electron chi connectivity index (χ0n) is 11.8. The van der Waals surface area contributed by atoms with E-state index in [0.29, 0.717) is 11.1 Å². The Morgan fingerprint density at radius 2 is 2.00 bits per heavy atom. The number of carboxylic acid groups (broad SMARTS) is 1. The molecule has 21 heavy (non-hydrogen) atoms. The van der Waals surface area contributed by atoms with Gasteiger partial charge in [-0.1, -0.05) is 0 Å². The number of aromatic nitrogens is 2. The number of hydrogen-bond donors (Lipinski definition) is 2. The van der Waals surface area contributed by atoms with Gasteiger partial charge in [-0.15, -0.1) is 0 Å². The third kappa shape index (κ3) is 3.05. The molecule has 0 aliphatic carbocycles. The van der Waals surface area contributed by atoms with E-state index >= 15 is 0 Å². The summed E-state index contributed by atoms with van der Waals surface area (Å²) in [5, 5.41) is 9.02. The smallest absolute Gasteiger partial charge is 0.336 e. The van der Waals surface area contributed by atoms with Gasteiger partial charge in [0.05, 0.1) is 17.6 Å². The van der Waals surface area contributed by atoms with Crippen molar-refractivity contribution in [2.24, 2.45) is 7.05 Å². The third-order valence-corrected chi connectivity index (χ3v) is 4.37. The molecule has 7 nitrogen and oxygen atoms in total. The molecule has 2 N–H and O–H groups in total. The highest BCUT2D eigenvalue weighted by molar-refractivity contribution is 7.92. The summed E-state index contributed by atoms with van der Waals surface area (Å²) in [6.45, 7) is 3.40. The molecule has 2 rings (SSSR count). The van der Waals surface area contributed by atoms with Crippen LogP contribution in [0.3, 0.4) is 0 Å². The predicted octanol–water partition coefficient (Wildman–Crippen LogP) is 1.54. The highest BCUT2D eigenvalue weighted by Gasteiger charge is 2.19. The zero-order valence-corrected chi connectivity index (χ0v) is 12.6. The van der Waals surface area contributed by atoms with Crippen LogP contribution in [-0.4, -0.2) is 29.0 Å². The normalized spacial score (nSPS) is 11.4. The fourth-order valence-corrected chi connectivity index (χ4v) is 2.90. The number of nitrogens with one attached hydrogen (secondary N) is 1. The van der Waals surface area contributed by atoms with E-state index in [4.69, 9.17) is 5.11 Å². The minimum absolute atomic E-state index is 0.0636. The van der Waals surface area contributed by atoms with E-state index < -0.39 is 16.0 Å². The number of carboxylic acids is 1. The van der Waals surface area contributed by atoms with Gasteiger partial charge < -0.3 is 9.67 Å². The lowest BCUT2D eigenvalue weighted by Crippen LogP contribution is -2.14. The molecule has 0 aliphatic heterocycles. The first-order chi connectivity index (χ1) is 9.70. The van der Waals surface area contributed by atoms with Crippen LogP contribution in [0.15, 0.2) is 29.7 Å². The summed E-state index contributed by atoms with van der Waals surface area (Å²) in [4.78, 5) is 14.9. The maximum atomic E-state index is 12.2. The molecule has 0 radical (unpaired) electrons. The van der Waals surface area contributed by atoms with Crippen molar-refractivity contribution in [3.05, 3.63) is 41.3 Å². The van der Waals surface area contributed by atoms with Crippen LogP contribution < -0.4 is 4.72 Å². The van der Waals surface area contributed by atoms with Crippen molar-refractivity contribution in [2.75, 3.05) is 4.72 Å².